The average Bonchev–Trinajstić information content (AvgIpc) is 2.65. The summed E-state index contributed by atoms with van der Waals surface area (Å²) in [5, 5.41) is 20.8. The summed E-state index contributed by atoms with van der Waals surface area (Å²) < 4.78 is 0. The maximum atomic E-state index is 13.1. The first kappa shape index (κ1) is 17.6. The molecule has 0 aromatic heterocycles. The van der Waals surface area contributed by atoms with Gasteiger partial charge in [-0.3, -0.25) is 19.2 Å². The van der Waals surface area contributed by atoms with Crippen molar-refractivity contribution in [3.05, 3.63) is 75.4 Å². The second kappa shape index (κ2) is 5.85. The standard InChI is InChI=1S/C22H14O6/c1-9-8-15(24)18-13(19(9)25)7-6-12(21(18)27)16-10(2)20(26)11-4-3-5-14(23)17(11)22(16)28/h3-8,23,27H,1-2H3. The van der Waals surface area contributed by atoms with E-state index in [1.807, 2.05) is 0 Å². The molecule has 28 heavy (non-hydrogen) atoms. The summed E-state index contributed by atoms with van der Waals surface area (Å²) in [5.41, 5.74) is -0.0261. The number of carbonyl (C=O) groups excluding carboxylic acids is 4. The van der Waals surface area contributed by atoms with Crippen molar-refractivity contribution in [2.45, 2.75) is 13.8 Å². The molecule has 2 aliphatic rings. The van der Waals surface area contributed by atoms with Crippen molar-refractivity contribution in [1.29, 1.82) is 0 Å². The average molecular weight is 374 g/mol. The van der Waals surface area contributed by atoms with E-state index in [0.717, 1.165) is 6.08 Å². The first-order valence-corrected chi connectivity index (χ1v) is 8.50. The summed E-state index contributed by atoms with van der Waals surface area (Å²) in [6.45, 7) is 2.95. The minimum Gasteiger partial charge on any atom is -0.507 e. The Morgan fingerprint density at radius 3 is 2.07 bits per heavy atom. The van der Waals surface area contributed by atoms with Gasteiger partial charge >= 0.3 is 0 Å². The van der Waals surface area contributed by atoms with Crippen LogP contribution in [0.1, 0.15) is 60.8 Å². The second-order valence-corrected chi connectivity index (χ2v) is 6.76. The zero-order valence-electron chi connectivity index (χ0n) is 15.0. The summed E-state index contributed by atoms with van der Waals surface area (Å²) in [7, 11) is 0. The van der Waals surface area contributed by atoms with Crippen molar-refractivity contribution in [3.8, 4) is 11.5 Å². The van der Waals surface area contributed by atoms with Crippen molar-refractivity contribution in [2.75, 3.05) is 0 Å². The van der Waals surface area contributed by atoms with Crippen LogP contribution in [0.15, 0.2) is 47.6 Å². The van der Waals surface area contributed by atoms with Gasteiger partial charge in [-0.25, -0.2) is 0 Å². The van der Waals surface area contributed by atoms with E-state index >= 15 is 0 Å². The maximum absolute atomic E-state index is 13.1. The number of benzene rings is 2. The molecule has 2 N–H and O–H groups in total. The van der Waals surface area contributed by atoms with Crippen molar-refractivity contribution < 1.29 is 29.4 Å². The highest BCUT2D eigenvalue weighted by molar-refractivity contribution is 6.41. The molecule has 2 aromatic rings. The second-order valence-electron chi connectivity index (χ2n) is 6.76. The Bertz CT molecular complexity index is 1210. The third-order valence-electron chi connectivity index (χ3n) is 5.10. The molecule has 0 unspecified atom stereocenters. The van der Waals surface area contributed by atoms with E-state index in [1.165, 1.54) is 44.2 Å². The lowest BCUT2D eigenvalue weighted by Crippen LogP contribution is -2.21. The van der Waals surface area contributed by atoms with E-state index in [4.69, 9.17) is 0 Å². The highest BCUT2D eigenvalue weighted by Gasteiger charge is 2.36. The topological polar surface area (TPSA) is 109 Å². The van der Waals surface area contributed by atoms with Crippen LogP contribution in [0.4, 0.5) is 0 Å². The third-order valence-corrected chi connectivity index (χ3v) is 5.10. The fourth-order valence-corrected chi connectivity index (χ4v) is 3.68. The smallest absolute Gasteiger partial charge is 0.198 e. The summed E-state index contributed by atoms with van der Waals surface area (Å²) in [5.74, 6) is -2.92. The molecule has 6 nitrogen and oxygen atoms in total. The van der Waals surface area contributed by atoms with Gasteiger partial charge in [0.1, 0.15) is 11.5 Å². The van der Waals surface area contributed by atoms with E-state index in [1.54, 1.807) is 0 Å². The van der Waals surface area contributed by atoms with E-state index in [2.05, 4.69) is 0 Å². The maximum Gasteiger partial charge on any atom is 0.198 e. The molecule has 138 valence electrons. The molecule has 0 fully saturated rings. The van der Waals surface area contributed by atoms with Crippen LogP contribution in [0.3, 0.4) is 0 Å². The Balaban J connectivity index is 1.98. The highest BCUT2D eigenvalue weighted by atomic mass is 16.3. The Kier molecular flexibility index (Phi) is 3.68. The number of ketones is 4. The largest absolute Gasteiger partial charge is 0.507 e. The van der Waals surface area contributed by atoms with Crippen LogP contribution in [-0.2, 0) is 0 Å². The molecular formula is C22H14O6. The van der Waals surface area contributed by atoms with Crippen molar-refractivity contribution >= 4 is 28.7 Å². The Morgan fingerprint density at radius 2 is 1.36 bits per heavy atom. The van der Waals surface area contributed by atoms with Crippen molar-refractivity contribution in [3.63, 3.8) is 0 Å². The quantitative estimate of drug-likeness (QED) is 0.793. The van der Waals surface area contributed by atoms with Crippen LogP contribution < -0.4 is 0 Å². The number of rotatable bonds is 1. The first-order chi connectivity index (χ1) is 13.2. The predicted molar refractivity (Wildman–Crippen MR) is 99.9 cm³/mol. The lowest BCUT2D eigenvalue weighted by Gasteiger charge is -2.22. The van der Waals surface area contributed by atoms with Crippen molar-refractivity contribution in [2.24, 2.45) is 0 Å². The van der Waals surface area contributed by atoms with Gasteiger partial charge in [-0.1, -0.05) is 12.1 Å². The molecule has 0 radical (unpaired) electrons. The van der Waals surface area contributed by atoms with E-state index in [0.29, 0.717) is 0 Å². The van der Waals surface area contributed by atoms with Gasteiger partial charge in [0.25, 0.3) is 0 Å². The summed E-state index contributed by atoms with van der Waals surface area (Å²) in [4.78, 5) is 50.5. The normalized spacial score (nSPS) is 16.1. The van der Waals surface area contributed by atoms with Crippen LogP contribution in [0.2, 0.25) is 0 Å². The number of fused-ring (bicyclic) bond motifs is 2. The number of carbonyl (C=O) groups is 4. The van der Waals surface area contributed by atoms with E-state index in [9.17, 15) is 29.4 Å². The fraction of sp³-hybridized carbons (Fsp3) is 0.0909. The van der Waals surface area contributed by atoms with E-state index in [-0.39, 0.29) is 50.3 Å². The molecule has 6 heteroatoms. The monoisotopic (exact) mass is 374 g/mol. The summed E-state index contributed by atoms with van der Waals surface area (Å²) in [6, 6.07) is 6.90. The number of allylic oxidation sites excluding steroid dienone is 4. The lowest BCUT2D eigenvalue weighted by molar-refractivity contribution is 0.0981. The number of aromatic hydroxyl groups is 2. The Hall–Kier alpha value is -3.80. The van der Waals surface area contributed by atoms with Crippen LogP contribution >= 0.6 is 0 Å². The van der Waals surface area contributed by atoms with E-state index < -0.39 is 28.9 Å². The molecule has 0 bridgehead atoms. The van der Waals surface area contributed by atoms with Gasteiger partial charge < -0.3 is 10.2 Å². The molecule has 0 atom stereocenters. The molecule has 0 amide bonds. The molecule has 0 saturated carbocycles. The number of hydrogen-bond acceptors (Lipinski definition) is 6. The molecule has 0 spiro atoms. The molecule has 0 saturated heterocycles. The minimum absolute atomic E-state index is 0.0300. The molecular weight excluding hydrogens is 360 g/mol. The van der Waals surface area contributed by atoms with Gasteiger partial charge in [0, 0.05) is 33.4 Å². The van der Waals surface area contributed by atoms with Gasteiger partial charge in [-0.15, -0.1) is 0 Å². The SMILES string of the molecule is CC1=CC(=O)c2c(ccc(C3=C(C)C(=O)c4cccc(O)c4C3=O)c2O)C1=O. The van der Waals surface area contributed by atoms with Gasteiger partial charge in [-0.05, 0) is 38.1 Å². The Labute approximate surface area is 159 Å². The van der Waals surface area contributed by atoms with Gasteiger partial charge in [0.05, 0.1) is 11.1 Å². The first-order valence-electron chi connectivity index (χ1n) is 8.50. The number of Topliss-reactive ketones (excluding diaryl/α,β-unsaturated/α-hetero) is 3. The molecule has 0 aliphatic heterocycles. The summed E-state index contributed by atoms with van der Waals surface area (Å²) >= 11 is 0. The molecule has 2 aliphatic carbocycles. The van der Waals surface area contributed by atoms with Crippen LogP contribution in [0, 0.1) is 0 Å². The van der Waals surface area contributed by atoms with Crippen molar-refractivity contribution in [1.82, 2.24) is 0 Å². The zero-order valence-corrected chi connectivity index (χ0v) is 15.0. The van der Waals surface area contributed by atoms with Crippen LogP contribution in [0.25, 0.3) is 5.57 Å². The van der Waals surface area contributed by atoms with Crippen LogP contribution in [-0.4, -0.2) is 33.3 Å². The predicted octanol–water partition coefficient (Wildman–Crippen LogP) is 3.28. The molecule has 2 aromatic carbocycles. The zero-order chi connectivity index (χ0) is 20.3. The van der Waals surface area contributed by atoms with Gasteiger partial charge in [0.2, 0.25) is 0 Å². The minimum atomic E-state index is -0.637. The number of phenols is 2. The number of phenolic OH excluding ortho intramolecular Hbond substituents is 2. The summed E-state index contributed by atoms with van der Waals surface area (Å²) in [6.07, 6.45) is 1.13. The highest BCUT2D eigenvalue weighted by Crippen LogP contribution is 2.41. The lowest BCUT2D eigenvalue weighted by atomic mass is 9.79. The number of hydrogen-bond donors (Lipinski definition) is 2. The van der Waals surface area contributed by atoms with Gasteiger partial charge in [-0.2, -0.15) is 0 Å². The molecule has 4 rings (SSSR count). The molecule has 0 heterocycles. The van der Waals surface area contributed by atoms with Crippen LogP contribution in [0.5, 0.6) is 11.5 Å². The fourth-order valence-electron chi connectivity index (χ4n) is 3.68. The Morgan fingerprint density at radius 1 is 0.714 bits per heavy atom. The van der Waals surface area contributed by atoms with Gasteiger partial charge in [0.15, 0.2) is 23.1 Å². The third kappa shape index (κ3) is 2.21.